The van der Waals surface area contributed by atoms with Gasteiger partial charge in [-0.1, -0.05) is 6.07 Å². The molecule has 2 N–H and O–H groups in total. The number of benzene rings is 1. The molecule has 3 rings (SSSR count). The van der Waals surface area contributed by atoms with E-state index in [9.17, 15) is 19.2 Å². The maximum Gasteiger partial charge on any atom is 0.341 e. The van der Waals surface area contributed by atoms with Crippen molar-refractivity contribution in [3.8, 4) is 5.75 Å². The van der Waals surface area contributed by atoms with Crippen LogP contribution >= 0.6 is 22.6 Å². The van der Waals surface area contributed by atoms with Crippen LogP contribution in [0, 0.1) is 3.57 Å². The van der Waals surface area contributed by atoms with E-state index in [4.69, 9.17) is 14.3 Å². The lowest BCUT2D eigenvalue weighted by Crippen LogP contribution is -2.53. The van der Waals surface area contributed by atoms with Gasteiger partial charge in [-0.05, 0) is 58.5 Å². The van der Waals surface area contributed by atoms with Gasteiger partial charge in [0.05, 0.1) is 16.4 Å². The largest absolute Gasteiger partial charge is 0.481 e. The minimum absolute atomic E-state index is 0.109. The van der Waals surface area contributed by atoms with E-state index >= 15 is 0 Å². The van der Waals surface area contributed by atoms with Gasteiger partial charge in [0.1, 0.15) is 17.1 Å². The molecule has 9 nitrogen and oxygen atoms in total. The summed E-state index contributed by atoms with van der Waals surface area (Å²) >= 11 is 1.95. The van der Waals surface area contributed by atoms with Crippen molar-refractivity contribution in [1.82, 2.24) is 10.2 Å². The number of furan rings is 1. The molecule has 1 fully saturated rings. The van der Waals surface area contributed by atoms with Gasteiger partial charge < -0.3 is 14.3 Å². The number of ether oxygens (including phenoxy) is 1. The summed E-state index contributed by atoms with van der Waals surface area (Å²) in [4.78, 5) is 48.3. The molecule has 0 radical (unpaired) electrons. The summed E-state index contributed by atoms with van der Waals surface area (Å²) < 4.78 is 10.9. The van der Waals surface area contributed by atoms with E-state index in [-0.39, 0.29) is 12.1 Å². The Morgan fingerprint density at radius 3 is 2.71 bits per heavy atom. The molecule has 2 heterocycles. The molecule has 0 unspecified atom stereocenters. The second kappa shape index (κ2) is 8.25. The number of rotatable bonds is 6. The quantitative estimate of drug-likeness (QED) is 0.356. The second-order valence-corrected chi connectivity index (χ2v) is 6.82. The summed E-state index contributed by atoms with van der Waals surface area (Å²) in [5.41, 5.74) is 0.305. The zero-order chi connectivity index (χ0) is 20.3. The lowest BCUT2D eigenvalue weighted by molar-refractivity contribution is -0.139. The molecule has 2 aromatic rings. The van der Waals surface area contributed by atoms with Crippen LogP contribution in [0.2, 0.25) is 0 Å². The number of hydrogen-bond donors (Lipinski definition) is 2. The van der Waals surface area contributed by atoms with Crippen molar-refractivity contribution >= 4 is 52.5 Å². The zero-order valence-corrected chi connectivity index (χ0v) is 16.3. The van der Waals surface area contributed by atoms with Crippen LogP contribution in [0.3, 0.4) is 0 Å². The minimum atomic E-state index is -1.10. The van der Waals surface area contributed by atoms with Crippen LogP contribution < -0.4 is 10.1 Å². The number of halogens is 1. The molecule has 1 aromatic heterocycles. The summed E-state index contributed by atoms with van der Waals surface area (Å²) in [6, 6.07) is 7.14. The SMILES string of the molecule is O=C(O)COc1ccc(C=C2C(=O)NC(=O)N(Cc3ccco3)C2=O)cc1I. The van der Waals surface area contributed by atoms with E-state index in [0.29, 0.717) is 20.6 Å². The van der Waals surface area contributed by atoms with E-state index in [1.807, 2.05) is 22.6 Å². The zero-order valence-electron chi connectivity index (χ0n) is 14.2. The number of aliphatic carboxylic acids is 1. The Morgan fingerprint density at radius 2 is 2.07 bits per heavy atom. The first kappa shape index (κ1) is 19.6. The van der Waals surface area contributed by atoms with Crippen molar-refractivity contribution in [3.63, 3.8) is 0 Å². The fourth-order valence-corrected chi connectivity index (χ4v) is 3.12. The van der Waals surface area contributed by atoms with Crippen molar-refractivity contribution < 1.29 is 33.4 Å². The summed E-state index contributed by atoms with van der Waals surface area (Å²) in [6.07, 6.45) is 2.77. The molecule has 0 bridgehead atoms. The van der Waals surface area contributed by atoms with Crippen LogP contribution in [-0.2, 0) is 20.9 Å². The Hall–Kier alpha value is -3.15. The Bertz CT molecular complexity index is 982. The maximum atomic E-state index is 12.6. The Balaban J connectivity index is 1.84. The number of amides is 4. The highest BCUT2D eigenvalue weighted by atomic mass is 127. The van der Waals surface area contributed by atoms with Gasteiger partial charge in [-0.2, -0.15) is 0 Å². The van der Waals surface area contributed by atoms with Gasteiger partial charge in [0, 0.05) is 0 Å². The van der Waals surface area contributed by atoms with Crippen LogP contribution in [0.4, 0.5) is 4.79 Å². The van der Waals surface area contributed by atoms with Gasteiger partial charge in [0.2, 0.25) is 0 Å². The van der Waals surface area contributed by atoms with Crippen molar-refractivity contribution in [2.75, 3.05) is 6.61 Å². The molecule has 1 aliphatic heterocycles. The number of carbonyl (C=O) groups excluding carboxylic acids is 3. The first-order chi connectivity index (χ1) is 13.3. The lowest BCUT2D eigenvalue weighted by atomic mass is 10.1. The fraction of sp³-hybridized carbons (Fsp3) is 0.111. The van der Waals surface area contributed by atoms with Crippen molar-refractivity contribution in [2.45, 2.75) is 6.54 Å². The highest BCUT2D eigenvalue weighted by Gasteiger charge is 2.36. The lowest BCUT2D eigenvalue weighted by Gasteiger charge is -2.25. The van der Waals surface area contributed by atoms with Crippen molar-refractivity contribution in [1.29, 1.82) is 0 Å². The van der Waals surface area contributed by atoms with Crippen LogP contribution in [0.1, 0.15) is 11.3 Å². The molecular formula is C18H13IN2O7. The molecule has 0 saturated carbocycles. The molecule has 0 atom stereocenters. The monoisotopic (exact) mass is 496 g/mol. The predicted molar refractivity (Wildman–Crippen MR) is 103 cm³/mol. The summed E-state index contributed by atoms with van der Waals surface area (Å²) in [7, 11) is 0. The third-order valence-electron chi connectivity index (χ3n) is 3.70. The molecular weight excluding hydrogens is 483 g/mol. The van der Waals surface area contributed by atoms with E-state index < -0.39 is 30.4 Å². The molecule has 1 saturated heterocycles. The van der Waals surface area contributed by atoms with E-state index in [0.717, 1.165) is 4.90 Å². The first-order valence-electron chi connectivity index (χ1n) is 7.90. The highest BCUT2D eigenvalue weighted by Crippen LogP contribution is 2.24. The highest BCUT2D eigenvalue weighted by molar-refractivity contribution is 14.1. The predicted octanol–water partition coefficient (Wildman–Crippen LogP) is 2.01. The molecule has 28 heavy (non-hydrogen) atoms. The maximum absolute atomic E-state index is 12.6. The fourth-order valence-electron chi connectivity index (χ4n) is 2.43. The number of urea groups is 1. The Morgan fingerprint density at radius 1 is 1.29 bits per heavy atom. The Labute approximate surface area is 172 Å². The number of nitrogens with one attached hydrogen (secondary N) is 1. The van der Waals surface area contributed by atoms with Crippen LogP contribution in [0.15, 0.2) is 46.6 Å². The van der Waals surface area contributed by atoms with Gasteiger partial charge in [0.25, 0.3) is 11.8 Å². The van der Waals surface area contributed by atoms with E-state index in [1.165, 1.54) is 18.4 Å². The molecule has 144 valence electrons. The van der Waals surface area contributed by atoms with E-state index in [1.54, 1.807) is 24.3 Å². The smallest absolute Gasteiger partial charge is 0.341 e. The average molecular weight is 496 g/mol. The second-order valence-electron chi connectivity index (χ2n) is 5.66. The van der Waals surface area contributed by atoms with Gasteiger partial charge in [-0.3, -0.25) is 19.8 Å². The molecule has 0 spiro atoms. The number of carboxylic acid groups (broad SMARTS) is 1. The van der Waals surface area contributed by atoms with Crippen LogP contribution in [-0.4, -0.2) is 40.4 Å². The molecule has 10 heteroatoms. The molecule has 1 aromatic carbocycles. The first-order valence-corrected chi connectivity index (χ1v) is 8.98. The standard InChI is InChI=1S/C18H13IN2O7/c19-13-7-10(3-4-14(13)28-9-15(22)23)6-12-16(24)20-18(26)21(17(12)25)8-11-2-1-5-27-11/h1-7H,8-9H2,(H,22,23)(H,20,24,26). The molecule has 4 amide bonds. The molecule has 1 aliphatic rings. The summed E-state index contributed by atoms with van der Waals surface area (Å²) in [5.74, 6) is -1.89. The summed E-state index contributed by atoms with van der Waals surface area (Å²) in [6.45, 7) is -0.594. The van der Waals surface area contributed by atoms with Crippen molar-refractivity contribution in [3.05, 3.63) is 57.1 Å². The van der Waals surface area contributed by atoms with Crippen LogP contribution in [0.25, 0.3) is 6.08 Å². The minimum Gasteiger partial charge on any atom is -0.481 e. The topological polar surface area (TPSA) is 126 Å². The number of barbiturate groups is 1. The summed E-state index contributed by atoms with van der Waals surface area (Å²) in [5, 5.41) is 10.8. The van der Waals surface area contributed by atoms with E-state index in [2.05, 4.69) is 5.32 Å². The number of hydrogen-bond acceptors (Lipinski definition) is 6. The van der Waals surface area contributed by atoms with Gasteiger partial charge >= 0.3 is 12.0 Å². The van der Waals surface area contributed by atoms with Gasteiger partial charge in [-0.25, -0.2) is 9.59 Å². The third-order valence-corrected chi connectivity index (χ3v) is 4.54. The van der Waals surface area contributed by atoms with Gasteiger partial charge in [-0.15, -0.1) is 0 Å². The van der Waals surface area contributed by atoms with Crippen LogP contribution in [0.5, 0.6) is 5.75 Å². The number of carbonyl (C=O) groups is 4. The number of carboxylic acids is 1. The molecule has 0 aliphatic carbocycles. The normalized spacial score (nSPS) is 15.7. The van der Waals surface area contributed by atoms with Gasteiger partial charge in [0.15, 0.2) is 6.61 Å². The number of nitrogens with zero attached hydrogens (tertiary/aromatic N) is 1. The number of imide groups is 2. The van der Waals surface area contributed by atoms with Crippen molar-refractivity contribution in [2.24, 2.45) is 0 Å². The Kier molecular flexibility index (Phi) is 5.78. The third kappa shape index (κ3) is 4.39. The average Bonchev–Trinajstić information content (AvgIpc) is 3.14.